The second-order valence-corrected chi connectivity index (χ2v) is 3.58. The molecule has 4 nitrogen and oxygen atoms in total. The number of nitrogens with zero attached hydrogens (tertiary/aromatic N) is 2. The normalized spacial score (nSPS) is 10.3. The summed E-state index contributed by atoms with van der Waals surface area (Å²) in [6.07, 6.45) is 2.65. The van der Waals surface area contributed by atoms with Crippen LogP contribution in [0.4, 0.5) is 11.8 Å². The third-order valence-corrected chi connectivity index (χ3v) is 2.48. The van der Waals surface area contributed by atoms with Crippen molar-refractivity contribution in [1.29, 1.82) is 0 Å². The fraction of sp³-hybridized carbons (Fsp3) is 0.167. The van der Waals surface area contributed by atoms with E-state index in [-0.39, 0.29) is 5.95 Å². The lowest BCUT2D eigenvalue weighted by Gasteiger charge is -2.06. The van der Waals surface area contributed by atoms with Crippen molar-refractivity contribution in [3.05, 3.63) is 36.0 Å². The molecule has 2 aromatic rings. The van der Waals surface area contributed by atoms with Crippen molar-refractivity contribution in [3.8, 4) is 11.1 Å². The zero-order valence-electron chi connectivity index (χ0n) is 9.14. The molecule has 82 valence electrons. The van der Waals surface area contributed by atoms with Crippen LogP contribution in [-0.4, -0.2) is 9.97 Å². The van der Waals surface area contributed by atoms with E-state index in [1.807, 2.05) is 12.1 Å². The number of aromatic nitrogens is 2. The maximum Gasteiger partial charge on any atom is 0.221 e. The van der Waals surface area contributed by atoms with Gasteiger partial charge in [0.2, 0.25) is 5.95 Å². The second-order valence-electron chi connectivity index (χ2n) is 3.58. The zero-order chi connectivity index (χ0) is 11.5. The van der Waals surface area contributed by atoms with Gasteiger partial charge in [-0.25, -0.2) is 4.98 Å². The molecule has 1 heterocycles. The number of hydrogen-bond acceptors (Lipinski definition) is 4. The molecule has 0 radical (unpaired) electrons. The molecule has 0 atom stereocenters. The minimum atomic E-state index is 0.202. The van der Waals surface area contributed by atoms with E-state index >= 15 is 0 Å². The molecule has 1 aromatic heterocycles. The van der Waals surface area contributed by atoms with Crippen LogP contribution >= 0.6 is 0 Å². The van der Waals surface area contributed by atoms with Crippen LogP contribution in [-0.2, 0) is 6.42 Å². The Labute approximate surface area is 94.3 Å². The average molecular weight is 214 g/mol. The second kappa shape index (κ2) is 4.18. The summed E-state index contributed by atoms with van der Waals surface area (Å²) in [5.74, 6) is 0.619. The number of nitrogens with two attached hydrogens (primary N) is 2. The monoisotopic (exact) mass is 214 g/mol. The highest BCUT2D eigenvalue weighted by atomic mass is 15.0. The van der Waals surface area contributed by atoms with Gasteiger partial charge >= 0.3 is 0 Å². The largest absolute Gasteiger partial charge is 0.383 e. The standard InChI is InChI=1S/C12H14N4/c1-2-8-4-3-5-9(6-8)10-7-15-12(14)16-11(10)13/h3-7H,2H2,1H3,(H4,13,14,15,16). The number of benzene rings is 1. The lowest BCUT2D eigenvalue weighted by Crippen LogP contribution is -2.01. The summed E-state index contributed by atoms with van der Waals surface area (Å²) in [5.41, 5.74) is 14.4. The Morgan fingerprint density at radius 2 is 2.06 bits per heavy atom. The van der Waals surface area contributed by atoms with Gasteiger partial charge in [-0.05, 0) is 17.5 Å². The minimum Gasteiger partial charge on any atom is -0.383 e. The van der Waals surface area contributed by atoms with E-state index < -0.39 is 0 Å². The number of hydrogen-bond donors (Lipinski definition) is 2. The van der Waals surface area contributed by atoms with Gasteiger partial charge in [0.25, 0.3) is 0 Å². The van der Waals surface area contributed by atoms with Crippen molar-refractivity contribution in [3.63, 3.8) is 0 Å². The van der Waals surface area contributed by atoms with Crippen LogP contribution in [0.5, 0.6) is 0 Å². The number of aryl methyl sites for hydroxylation is 1. The van der Waals surface area contributed by atoms with Crippen molar-refractivity contribution < 1.29 is 0 Å². The Morgan fingerprint density at radius 1 is 1.25 bits per heavy atom. The van der Waals surface area contributed by atoms with Gasteiger partial charge in [-0.1, -0.05) is 31.2 Å². The molecule has 1 aromatic carbocycles. The Hall–Kier alpha value is -2.10. The van der Waals surface area contributed by atoms with Crippen LogP contribution in [0, 0.1) is 0 Å². The summed E-state index contributed by atoms with van der Waals surface area (Å²) in [6.45, 7) is 2.11. The topological polar surface area (TPSA) is 77.8 Å². The van der Waals surface area contributed by atoms with Gasteiger partial charge in [0.05, 0.1) is 0 Å². The fourth-order valence-corrected chi connectivity index (χ4v) is 1.59. The SMILES string of the molecule is CCc1cccc(-c2cnc(N)nc2N)c1. The highest BCUT2D eigenvalue weighted by molar-refractivity contribution is 5.73. The molecule has 0 fully saturated rings. The van der Waals surface area contributed by atoms with Gasteiger partial charge < -0.3 is 11.5 Å². The summed E-state index contributed by atoms with van der Waals surface area (Å²) < 4.78 is 0. The van der Waals surface area contributed by atoms with Crippen molar-refractivity contribution in [2.24, 2.45) is 0 Å². The van der Waals surface area contributed by atoms with Crippen molar-refractivity contribution in [2.75, 3.05) is 11.5 Å². The lowest BCUT2D eigenvalue weighted by atomic mass is 10.0. The Balaban J connectivity index is 2.49. The molecule has 16 heavy (non-hydrogen) atoms. The van der Waals surface area contributed by atoms with Gasteiger partial charge in [0, 0.05) is 11.8 Å². The van der Waals surface area contributed by atoms with E-state index in [4.69, 9.17) is 11.5 Å². The first-order valence-electron chi connectivity index (χ1n) is 5.18. The summed E-state index contributed by atoms with van der Waals surface area (Å²) >= 11 is 0. The third kappa shape index (κ3) is 1.95. The van der Waals surface area contributed by atoms with Crippen molar-refractivity contribution in [1.82, 2.24) is 9.97 Å². The van der Waals surface area contributed by atoms with E-state index in [0.29, 0.717) is 5.82 Å². The van der Waals surface area contributed by atoms with Gasteiger partial charge in [0.1, 0.15) is 5.82 Å². The maximum absolute atomic E-state index is 5.81. The van der Waals surface area contributed by atoms with Crippen molar-refractivity contribution in [2.45, 2.75) is 13.3 Å². The summed E-state index contributed by atoms with van der Waals surface area (Å²) in [6, 6.07) is 8.16. The predicted octanol–water partition coefficient (Wildman–Crippen LogP) is 1.87. The molecule has 0 spiro atoms. The van der Waals surface area contributed by atoms with Gasteiger partial charge in [-0.2, -0.15) is 4.98 Å². The van der Waals surface area contributed by atoms with Crippen LogP contribution in [0.15, 0.2) is 30.5 Å². The molecule has 0 saturated carbocycles. The molecule has 0 aliphatic carbocycles. The first kappa shape index (κ1) is 10.4. The van der Waals surface area contributed by atoms with Crippen LogP contribution in [0.25, 0.3) is 11.1 Å². The fourth-order valence-electron chi connectivity index (χ4n) is 1.59. The van der Waals surface area contributed by atoms with Crippen LogP contribution in [0.2, 0.25) is 0 Å². The van der Waals surface area contributed by atoms with Crippen molar-refractivity contribution >= 4 is 11.8 Å². The Kier molecular flexibility index (Phi) is 2.72. The van der Waals surface area contributed by atoms with Crippen LogP contribution in [0.3, 0.4) is 0 Å². The van der Waals surface area contributed by atoms with E-state index in [0.717, 1.165) is 17.5 Å². The summed E-state index contributed by atoms with van der Waals surface area (Å²) in [5, 5.41) is 0. The van der Waals surface area contributed by atoms with Gasteiger partial charge in [0.15, 0.2) is 0 Å². The van der Waals surface area contributed by atoms with Crippen LogP contribution in [0.1, 0.15) is 12.5 Å². The molecule has 4 heteroatoms. The molecule has 2 rings (SSSR count). The molecule has 0 bridgehead atoms. The molecule has 0 unspecified atom stereocenters. The Morgan fingerprint density at radius 3 is 2.75 bits per heavy atom. The number of anilines is 2. The first-order chi connectivity index (χ1) is 7.70. The number of nitrogen functional groups attached to an aromatic ring is 2. The molecule has 0 amide bonds. The van der Waals surface area contributed by atoms with E-state index in [9.17, 15) is 0 Å². The molecular weight excluding hydrogens is 200 g/mol. The van der Waals surface area contributed by atoms with Crippen LogP contribution < -0.4 is 11.5 Å². The minimum absolute atomic E-state index is 0.202. The average Bonchev–Trinajstić information content (AvgIpc) is 2.29. The number of rotatable bonds is 2. The Bertz CT molecular complexity index is 508. The lowest BCUT2D eigenvalue weighted by molar-refractivity contribution is 1.14. The summed E-state index contributed by atoms with van der Waals surface area (Å²) in [4.78, 5) is 7.91. The third-order valence-electron chi connectivity index (χ3n) is 2.48. The quantitative estimate of drug-likeness (QED) is 0.800. The molecule has 0 saturated heterocycles. The van der Waals surface area contributed by atoms with E-state index in [1.54, 1.807) is 6.20 Å². The first-order valence-corrected chi connectivity index (χ1v) is 5.18. The molecule has 4 N–H and O–H groups in total. The molecular formula is C12H14N4. The van der Waals surface area contributed by atoms with E-state index in [2.05, 4.69) is 29.0 Å². The maximum atomic E-state index is 5.81. The highest BCUT2D eigenvalue weighted by Gasteiger charge is 2.05. The molecule has 0 aliphatic rings. The van der Waals surface area contributed by atoms with E-state index in [1.165, 1.54) is 5.56 Å². The summed E-state index contributed by atoms with van der Waals surface area (Å²) in [7, 11) is 0. The smallest absolute Gasteiger partial charge is 0.221 e. The van der Waals surface area contributed by atoms with Gasteiger partial charge in [-0.15, -0.1) is 0 Å². The molecule has 0 aliphatic heterocycles. The predicted molar refractivity (Wildman–Crippen MR) is 65.7 cm³/mol. The zero-order valence-corrected chi connectivity index (χ0v) is 9.14. The highest BCUT2D eigenvalue weighted by Crippen LogP contribution is 2.24. The van der Waals surface area contributed by atoms with Gasteiger partial charge in [-0.3, -0.25) is 0 Å².